The van der Waals surface area contributed by atoms with Gasteiger partial charge in [0.05, 0.1) is 0 Å². The molecule has 0 amide bonds. The molecular formula is C9H16N2. The molecule has 0 unspecified atom stereocenters. The Bertz CT molecular complexity index is 180. The summed E-state index contributed by atoms with van der Waals surface area (Å²) in [5, 5.41) is 0. The highest BCUT2D eigenvalue weighted by Crippen LogP contribution is 2.11. The summed E-state index contributed by atoms with van der Waals surface area (Å²) in [6.07, 6.45) is 5.29. The Balaban J connectivity index is 2.63. The van der Waals surface area contributed by atoms with Crippen LogP contribution in [-0.4, -0.2) is 23.3 Å². The average Bonchev–Trinajstić information content (AvgIpc) is 2.36. The predicted molar refractivity (Wildman–Crippen MR) is 48.7 cm³/mol. The third-order valence-electron chi connectivity index (χ3n) is 1.76. The molecule has 1 heterocycles. The molecule has 0 aromatic carbocycles. The molecule has 62 valence electrons. The third kappa shape index (κ3) is 1.82. The molecule has 0 fully saturated rings. The van der Waals surface area contributed by atoms with Crippen LogP contribution >= 0.6 is 0 Å². The molecule has 1 rings (SSSR count). The van der Waals surface area contributed by atoms with Crippen LogP contribution in [0.15, 0.2) is 17.3 Å². The highest BCUT2D eigenvalue weighted by atomic mass is 15.2. The highest BCUT2D eigenvalue weighted by molar-refractivity contribution is 5.87. The fraction of sp³-hybridized carbons (Fsp3) is 0.667. The zero-order valence-electron chi connectivity index (χ0n) is 7.54. The van der Waals surface area contributed by atoms with Crippen molar-refractivity contribution >= 4 is 5.84 Å². The molecule has 0 atom stereocenters. The maximum absolute atomic E-state index is 4.41. The van der Waals surface area contributed by atoms with Gasteiger partial charge in [0.25, 0.3) is 0 Å². The number of rotatable bonds is 2. The molecular weight excluding hydrogens is 136 g/mol. The number of nitrogens with zero attached hydrogens (tertiary/aromatic N) is 2. The van der Waals surface area contributed by atoms with E-state index in [2.05, 4.69) is 42.9 Å². The molecule has 0 saturated heterocycles. The summed E-state index contributed by atoms with van der Waals surface area (Å²) in [5.74, 6) is 1.21. The lowest BCUT2D eigenvalue weighted by Gasteiger charge is -2.21. The Labute approximate surface area is 68.6 Å². The van der Waals surface area contributed by atoms with Crippen LogP contribution in [0.4, 0.5) is 0 Å². The van der Waals surface area contributed by atoms with E-state index in [0.29, 0.717) is 6.04 Å². The molecule has 11 heavy (non-hydrogen) atoms. The molecule has 0 aromatic rings. The van der Waals surface area contributed by atoms with Gasteiger partial charge in [-0.1, -0.05) is 6.08 Å². The van der Waals surface area contributed by atoms with Gasteiger partial charge < -0.3 is 4.90 Å². The first-order valence-corrected chi connectivity index (χ1v) is 4.24. The van der Waals surface area contributed by atoms with E-state index in [4.69, 9.17) is 0 Å². The Kier molecular flexibility index (Phi) is 2.69. The third-order valence-corrected chi connectivity index (χ3v) is 1.76. The van der Waals surface area contributed by atoms with Crippen LogP contribution in [0.3, 0.4) is 0 Å². The van der Waals surface area contributed by atoms with Gasteiger partial charge in [-0.15, -0.1) is 0 Å². The average molecular weight is 152 g/mol. The van der Waals surface area contributed by atoms with E-state index in [-0.39, 0.29) is 0 Å². The quantitative estimate of drug-likeness (QED) is 0.591. The van der Waals surface area contributed by atoms with Crippen molar-refractivity contribution < 1.29 is 0 Å². The molecule has 0 aromatic heterocycles. The molecule has 0 saturated carbocycles. The summed E-state index contributed by atoms with van der Waals surface area (Å²) >= 11 is 0. The molecule has 0 N–H and O–H groups in total. The Morgan fingerprint density at radius 3 is 2.91 bits per heavy atom. The normalized spacial score (nSPS) is 20.7. The van der Waals surface area contributed by atoms with Gasteiger partial charge in [0.15, 0.2) is 0 Å². The summed E-state index contributed by atoms with van der Waals surface area (Å²) in [4.78, 5) is 6.63. The molecule has 0 radical (unpaired) electrons. The smallest absolute Gasteiger partial charge is 0.107 e. The highest BCUT2D eigenvalue weighted by Gasteiger charge is 2.14. The summed E-state index contributed by atoms with van der Waals surface area (Å²) in [6, 6.07) is 0.541. The largest absolute Gasteiger partial charge is 0.334 e. The minimum atomic E-state index is 0.541. The number of amidine groups is 1. The molecule has 2 heteroatoms. The van der Waals surface area contributed by atoms with E-state index < -0.39 is 0 Å². The first kappa shape index (κ1) is 8.31. The minimum Gasteiger partial charge on any atom is -0.334 e. The van der Waals surface area contributed by atoms with E-state index in [1.807, 2.05) is 0 Å². The first-order valence-electron chi connectivity index (χ1n) is 4.24. The van der Waals surface area contributed by atoms with Gasteiger partial charge in [0.2, 0.25) is 0 Å². The lowest BCUT2D eigenvalue weighted by atomic mass is 10.3. The zero-order chi connectivity index (χ0) is 8.27. The maximum Gasteiger partial charge on any atom is 0.107 e. The molecule has 1 aliphatic heterocycles. The van der Waals surface area contributed by atoms with Crippen LogP contribution < -0.4 is 0 Å². The van der Waals surface area contributed by atoms with Crippen LogP contribution in [0.25, 0.3) is 0 Å². The van der Waals surface area contributed by atoms with Gasteiger partial charge >= 0.3 is 0 Å². The second-order valence-electron chi connectivity index (χ2n) is 2.98. The second kappa shape index (κ2) is 3.56. The van der Waals surface area contributed by atoms with Gasteiger partial charge in [0, 0.05) is 25.2 Å². The zero-order valence-corrected chi connectivity index (χ0v) is 7.54. The Hall–Kier alpha value is -0.790. The molecule has 2 nitrogen and oxygen atoms in total. The van der Waals surface area contributed by atoms with Gasteiger partial charge in [-0.2, -0.15) is 0 Å². The number of hydrogen-bond acceptors (Lipinski definition) is 1. The molecule has 0 bridgehead atoms. The van der Waals surface area contributed by atoms with Crippen LogP contribution in [0.5, 0.6) is 0 Å². The van der Waals surface area contributed by atoms with Crippen molar-refractivity contribution in [1.82, 2.24) is 4.90 Å². The monoisotopic (exact) mass is 152 g/mol. The molecule has 0 aliphatic carbocycles. The summed E-state index contributed by atoms with van der Waals surface area (Å²) in [7, 11) is 0. The maximum atomic E-state index is 4.41. The summed E-state index contributed by atoms with van der Waals surface area (Å²) in [6.45, 7) is 7.33. The topological polar surface area (TPSA) is 15.6 Å². The fourth-order valence-corrected chi connectivity index (χ4v) is 1.26. The van der Waals surface area contributed by atoms with Crippen molar-refractivity contribution in [3.63, 3.8) is 0 Å². The summed E-state index contributed by atoms with van der Waals surface area (Å²) in [5.41, 5.74) is 0. The van der Waals surface area contributed by atoms with Gasteiger partial charge in [-0.3, -0.25) is 4.99 Å². The minimum absolute atomic E-state index is 0.541. The molecule has 1 aliphatic rings. The lowest BCUT2D eigenvalue weighted by Crippen LogP contribution is -2.28. The fourth-order valence-electron chi connectivity index (χ4n) is 1.26. The molecule has 0 spiro atoms. The van der Waals surface area contributed by atoms with Crippen molar-refractivity contribution in [1.29, 1.82) is 0 Å². The number of hydrogen-bond donors (Lipinski definition) is 0. The Morgan fingerprint density at radius 1 is 1.64 bits per heavy atom. The van der Waals surface area contributed by atoms with E-state index in [1.165, 1.54) is 5.84 Å². The second-order valence-corrected chi connectivity index (χ2v) is 2.98. The lowest BCUT2D eigenvalue weighted by molar-refractivity contribution is 0.463. The van der Waals surface area contributed by atoms with Gasteiger partial charge in [-0.05, 0) is 20.8 Å². The van der Waals surface area contributed by atoms with E-state index in [1.54, 1.807) is 0 Å². The SMILES string of the molecule is CC/N=C1\CC=CN1C(C)C. The van der Waals surface area contributed by atoms with Crippen LogP contribution in [0, 0.1) is 0 Å². The standard InChI is InChI=1S/C9H16N2/c1-4-10-9-6-5-7-11(9)8(2)3/h5,7-8H,4,6H2,1-3H3/b10-9+. The first-order chi connectivity index (χ1) is 5.25. The van der Waals surface area contributed by atoms with Gasteiger partial charge in [-0.25, -0.2) is 0 Å². The predicted octanol–water partition coefficient (Wildman–Crippen LogP) is 2.03. The van der Waals surface area contributed by atoms with Crippen molar-refractivity contribution in [2.24, 2.45) is 4.99 Å². The van der Waals surface area contributed by atoms with E-state index >= 15 is 0 Å². The summed E-state index contributed by atoms with van der Waals surface area (Å²) < 4.78 is 0. The van der Waals surface area contributed by atoms with Crippen molar-refractivity contribution in [2.45, 2.75) is 33.2 Å². The Morgan fingerprint density at radius 2 is 2.36 bits per heavy atom. The van der Waals surface area contributed by atoms with Gasteiger partial charge in [0.1, 0.15) is 5.84 Å². The van der Waals surface area contributed by atoms with Crippen molar-refractivity contribution in [3.05, 3.63) is 12.3 Å². The van der Waals surface area contributed by atoms with Crippen LogP contribution in [-0.2, 0) is 0 Å². The van der Waals surface area contributed by atoms with E-state index in [0.717, 1.165) is 13.0 Å². The number of aliphatic imine (C=N–C) groups is 1. The van der Waals surface area contributed by atoms with Crippen molar-refractivity contribution in [2.75, 3.05) is 6.54 Å². The van der Waals surface area contributed by atoms with E-state index in [9.17, 15) is 0 Å². The van der Waals surface area contributed by atoms with Crippen LogP contribution in [0.2, 0.25) is 0 Å². The van der Waals surface area contributed by atoms with Crippen LogP contribution in [0.1, 0.15) is 27.2 Å². The van der Waals surface area contributed by atoms with Crippen molar-refractivity contribution in [3.8, 4) is 0 Å².